The van der Waals surface area contributed by atoms with Crippen LogP contribution in [0.25, 0.3) is 10.4 Å². The molecule has 0 bridgehead atoms. The van der Waals surface area contributed by atoms with E-state index in [2.05, 4.69) is 20.9 Å². The van der Waals surface area contributed by atoms with E-state index in [9.17, 15) is 24.3 Å². The maximum atomic E-state index is 13.8. The van der Waals surface area contributed by atoms with Crippen molar-refractivity contribution < 1.29 is 24.3 Å². The van der Waals surface area contributed by atoms with Crippen molar-refractivity contribution in [3.8, 4) is 10.4 Å². The first-order chi connectivity index (χ1) is 19.8. The van der Waals surface area contributed by atoms with Gasteiger partial charge in [0.05, 0.1) is 34.6 Å². The first kappa shape index (κ1) is 31.6. The van der Waals surface area contributed by atoms with Gasteiger partial charge >= 0.3 is 0 Å². The Balaban J connectivity index is 1.58. The van der Waals surface area contributed by atoms with Crippen LogP contribution in [0.15, 0.2) is 29.8 Å². The lowest BCUT2D eigenvalue weighted by Crippen LogP contribution is -2.57. The summed E-state index contributed by atoms with van der Waals surface area (Å²) in [6, 6.07) is 5.28. The summed E-state index contributed by atoms with van der Waals surface area (Å²) in [7, 11) is 0. The molecule has 1 aromatic heterocycles. The topological polar surface area (TPSA) is 144 Å². The largest absolute Gasteiger partial charge is 0.391 e. The SMILES string of the molecule is CC(=O)N[C@H](C(=O)N1C[C@H](O)C[C@H]1C(=O)N[C@@H](CC(=O)N1CCNCC1)c1ccc(-c2scnc2C)cc1)C(C)(C)C. The predicted octanol–water partition coefficient (Wildman–Crippen LogP) is 1.61. The third-order valence-electron chi connectivity index (χ3n) is 7.81. The molecule has 42 heavy (non-hydrogen) atoms. The second kappa shape index (κ2) is 13.3. The Morgan fingerprint density at radius 1 is 1.12 bits per heavy atom. The zero-order valence-corrected chi connectivity index (χ0v) is 25.8. The standard InChI is InChI=1S/C30H42N6O5S/c1-18-26(42-17-32-18)21-8-6-20(7-9-21)23(15-25(39)35-12-10-31-11-13-35)34-28(40)24-14-22(38)16-36(24)29(41)27(30(3,4)5)33-19(2)37/h6-9,17,22-24,27,31,38H,10-16H2,1-5H3,(H,33,37)(H,34,40)/t22-,23+,24+,27-/m1/s1. The predicted molar refractivity (Wildman–Crippen MR) is 160 cm³/mol. The minimum atomic E-state index is -0.943. The van der Waals surface area contributed by atoms with Gasteiger partial charge in [0.2, 0.25) is 23.6 Å². The highest BCUT2D eigenvalue weighted by molar-refractivity contribution is 7.13. The molecule has 0 aliphatic carbocycles. The number of β-amino-alcohol motifs (C(OH)–C–C–N with tert-alkyl or cyclic N) is 1. The molecule has 3 heterocycles. The maximum absolute atomic E-state index is 13.8. The van der Waals surface area contributed by atoms with Gasteiger partial charge in [-0.25, -0.2) is 4.98 Å². The molecule has 2 fully saturated rings. The number of carbonyl (C=O) groups excluding carboxylic acids is 4. The molecule has 2 aromatic rings. The number of aryl methyl sites for hydroxylation is 1. The third-order valence-corrected chi connectivity index (χ3v) is 8.79. The van der Waals surface area contributed by atoms with Gasteiger partial charge in [-0.05, 0) is 23.5 Å². The van der Waals surface area contributed by atoms with Crippen LogP contribution in [0.5, 0.6) is 0 Å². The summed E-state index contributed by atoms with van der Waals surface area (Å²) in [5, 5.41) is 19.5. The fourth-order valence-corrected chi connectivity index (χ4v) is 6.32. The summed E-state index contributed by atoms with van der Waals surface area (Å²) in [5.41, 5.74) is 3.88. The van der Waals surface area contributed by atoms with E-state index < -0.39 is 41.5 Å². The molecule has 1 aromatic carbocycles. The lowest BCUT2D eigenvalue weighted by Gasteiger charge is -2.35. The van der Waals surface area contributed by atoms with Crippen molar-refractivity contribution in [1.29, 1.82) is 0 Å². The molecule has 228 valence electrons. The lowest BCUT2D eigenvalue weighted by molar-refractivity contribution is -0.144. The van der Waals surface area contributed by atoms with Gasteiger partial charge < -0.3 is 30.9 Å². The van der Waals surface area contributed by atoms with E-state index in [-0.39, 0.29) is 31.2 Å². The number of piperazine rings is 1. The van der Waals surface area contributed by atoms with Gasteiger partial charge in [-0.3, -0.25) is 19.2 Å². The Bertz CT molecular complexity index is 1280. The molecule has 12 heteroatoms. The smallest absolute Gasteiger partial charge is 0.246 e. The number of rotatable bonds is 8. The molecule has 0 unspecified atom stereocenters. The number of aromatic nitrogens is 1. The minimum Gasteiger partial charge on any atom is -0.391 e. The molecule has 4 atom stereocenters. The van der Waals surface area contributed by atoms with Crippen LogP contribution in [0.2, 0.25) is 0 Å². The first-order valence-corrected chi connectivity index (χ1v) is 15.3. The van der Waals surface area contributed by atoms with Gasteiger partial charge in [0.15, 0.2) is 0 Å². The van der Waals surface area contributed by atoms with Crippen LogP contribution in [-0.2, 0) is 19.2 Å². The van der Waals surface area contributed by atoms with E-state index >= 15 is 0 Å². The molecule has 0 saturated carbocycles. The molecule has 0 spiro atoms. The summed E-state index contributed by atoms with van der Waals surface area (Å²) < 4.78 is 0. The van der Waals surface area contributed by atoms with Crippen LogP contribution in [0, 0.1) is 12.3 Å². The van der Waals surface area contributed by atoms with Crippen molar-refractivity contribution in [2.45, 2.75) is 71.7 Å². The highest BCUT2D eigenvalue weighted by atomic mass is 32.1. The maximum Gasteiger partial charge on any atom is 0.246 e. The zero-order valence-electron chi connectivity index (χ0n) is 25.0. The summed E-state index contributed by atoms with van der Waals surface area (Å²) in [5.74, 6) is -1.29. The Morgan fingerprint density at radius 3 is 2.36 bits per heavy atom. The second-order valence-electron chi connectivity index (χ2n) is 12.2. The highest BCUT2D eigenvalue weighted by Crippen LogP contribution is 2.30. The molecule has 11 nitrogen and oxygen atoms in total. The Kier molecular flexibility index (Phi) is 10.0. The van der Waals surface area contributed by atoms with Gasteiger partial charge in [-0.2, -0.15) is 0 Å². The number of nitrogens with one attached hydrogen (secondary N) is 3. The number of hydrogen-bond acceptors (Lipinski definition) is 8. The lowest BCUT2D eigenvalue weighted by atomic mass is 9.85. The van der Waals surface area contributed by atoms with Crippen LogP contribution in [0.3, 0.4) is 0 Å². The number of aliphatic hydroxyl groups is 1. The number of thiazole rings is 1. The highest BCUT2D eigenvalue weighted by Gasteiger charge is 2.44. The molecule has 4 amide bonds. The van der Waals surface area contributed by atoms with Crippen molar-refractivity contribution in [3.63, 3.8) is 0 Å². The van der Waals surface area contributed by atoms with E-state index in [1.165, 1.54) is 11.8 Å². The monoisotopic (exact) mass is 598 g/mol. The van der Waals surface area contributed by atoms with E-state index in [0.717, 1.165) is 21.7 Å². The molecular formula is C30H42N6O5S. The van der Waals surface area contributed by atoms with E-state index in [4.69, 9.17) is 0 Å². The van der Waals surface area contributed by atoms with Gasteiger partial charge in [-0.15, -0.1) is 11.3 Å². The van der Waals surface area contributed by atoms with Gasteiger partial charge in [-0.1, -0.05) is 45.0 Å². The Hall–Kier alpha value is -3.35. The van der Waals surface area contributed by atoms with E-state index in [1.54, 1.807) is 21.7 Å². The molecule has 2 aliphatic rings. The molecular weight excluding hydrogens is 556 g/mol. The van der Waals surface area contributed by atoms with E-state index in [0.29, 0.717) is 26.2 Å². The summed E-state index contributed by atoms with van der Waals surface area (Å²) in [6.45, 7) is 11.4. The summed E-state index contributed by atoms with van der Waals surface area (Å²) >= 11 is 1.55. The van der Waals surface area contributed by atoms with Crippen LogP contribution in [0.4, 0.5) is 0 Å². The molecule has 0 radical (unpaired) electrons. The molecule has 2 aliphatic heterocycles. The molecule has 4 N–H and O–H groups in total. The van der Waals surface area contributed by atoms with Crippen LogP contribution in [-0.4, -0.2) is 94.4 Å². The van der Waals surface area contributed by atoms with E-state index in [1.807, 2.05) is 52.0 Å². The number of benzene rings is 1. The number of aliphatic hydroxyl groups excluding tert-OH is 1. The van der Waals surface area contributed by atoms with Crippen molar-refractivity contribution >= 4 is 35.0 Å². The summed E-state index contributed by atoms with van der Waals surface area (Å²) in [6.07, 6.45) is -0.758. The van der Waals surface area contributed by atoms with Crippen molar-refractivity contribution in [3.05, 3.63) is 41.0 Å². The normalized spacial score (nSPS) is 20.6. The van der Waals surface area contributed by atoms with Crippen molar-refractivity contribution in [1.82, 2.24) is 30.7 Å². The number of carbonyl (C=O) groups is 4. The van der Waals surface area contributed by atoms with Crippen LogP contribution >= 0.6 is 11.3 Å². The number of likely N-dealkylation sites (tertiary alicyclic amines) is 1. The Morgan fingerprint density at radius 2 is 1.79 bits per heavy atom. The van der Waals surface area contributed by atoms with Gasteiger partial charge in [0, 0.05) is 46.1 Å². The van der Waals surface area contributed by atoms with Crippen molar-refractivity contribution in [2.24, 2.45) is 5.41 Å². The summed E-state index contributed by atoms with van der Waals surface area (Å²) in [4.78, 5) is 61.2. The number of amides is 4. The van der Waals surface area contributed by atoms with Crippen LogP contribution in [0.1, 0.15) is 57.8 Å². The quantitative estimate of drug-likeness (QED) is 0.362. The minimum absolute atomic E-state index is 0.0175. The van der Waals surface area contributed by atoms with Crippen molar-refractivity contribution in [2.75, 3.05) is 32.7 Å². The zero-order chi connectivity index (χ0) is 30.6. The fourth-order valence-electron chi connectivity index (χ4n) is 5.51. The van der Waals surface area contributed by atoms with Gasteiger partial charge in [0.25, 0.3) is 0 Å². The third kappa shape index (κ3) is 7.53. The average molecular weight is 599 g/mol. The number of nitrogens with zero attached hydrogens (tertiary/aromatic N) is 3. The fraction of sp³-hybridized carbons (Fsp3) is 0.567. The Labute approximate surface area is 251 Å². The van der Waals surface area contributed by atoms with Crippen LogP contribution < -0.4 is 16.0 Å². The molecule has 2 saturated heterocycles. The first-order valence-electron chi connectivity index (χ1n) is 14.4. The second-order valence-corrected chi connectivity index (χ2v) is 13.0. The molecule has 4 rings (SSSR count). The number of hydrogen-bond donors (Lipinski definition) is 4. The van der Waals surface area contributed by atoms with Gasteiger partial charge in [0.1, 0.15) is 12.1 Å². The average Bonchev–Trinajstić information content (AvgIpc) is 3.56.